The van der Waals surface area contributed by atoms with Crippen molar-refractivity contribution in [1.29, 1.82) is 0 Å². The Morgan fingerprint density at radius 2 is 2.14 bits per heavy atom. The molecule has 2 aromatic heterocycles. The summed E-state index contributed by atoms with van der Waals surface area (Å²) < 4.78 is 8.74. The number of aliphatic imine (C=N–C) groups is 2. The standard InChI is InChI=1S/C28H34ClN5O2S/c1-7-22(35)24-14-21(30-2)28(37-24)25(31-3)19-12-16(29)10-15-11-23(36-27(15)19)26-18-13-17(33(4)5)8-9-20(18)32-34(26)6/h10,12,14,17,22-23,35H,2,7-9,11,13H2,1,3-6H3/b31-25-. The first kappa shape index (κ1) is 26.1. The Bertz CT molecular complexity index is 1380. The van der Waals surface area contributed by atoms with Crippen molar-refractivity contribution in [3.05, 3.63) is 61.1 Å². The number of nitrogens with zero attached hydrogens (tertiary/aromatic N) is 5. The topological polar surface area (TPSA) is 75.2 Å². The lowest BCUT2D eigenvalue weighted by Gasteiger charge is -2.28. The molecular formula is C28H34ClN5O2S. The highest BCUT2D eigenvalue weighted by Crippen LogP contribution is 2.45. The van der Waals surface area contributed by atoms with E-state index in [1.54, 1.807) is 7.05 Å². The number of benzene rings is 1. The van der Waals surface area contributed by atoms with Gasteiger partial charge in [-0.3, -0.25) is 14.7 Å². The monoisotopic (exact) mass is 539 g/mol. The predicted octanol–water partition coefficient (Wildman–Crippen LogP) is 5.47. The minimum atomic E-state index is -0.551. The van der Waals surface area contributed by atoms with Gasteiger partial charge in [0.1, 0.15) is 11.9 Å². The molecule has 7 nitrogen and oxygen atoms in total. The van der Waals surface area contributed by atoms with E-state index >= 15 is 0 Å². The van der Waals surface area contributed by atoms with Crippen LogP contribution in [-0.2, 0) is 26.3 Å². The van der Waals surface area contributed by atoms with Crippen LogP contribution in [0.3, 0.4) is 0 Å². The second-order valence-corrected chi connectivity index (χ2v) is 11.6. The van der Waals surface area contributed by atoms with Gasteiger partial charge in [-0.15, -0.1) is 11.3 Å². The van der Waals surface area contributed by atoms with Crippen LogP contribution in [0.4, 0.5) is 5.69 Å². The van der Waals surface area contributed by atoms with Gasteiger partial charge >= 0.3 is 0 Å². The largest absolute Gasteiger partial charge is 0.483 e. The highest BCUT2D eigenvalue weighted by molar-refractivity contribution is 7.15. The van der Waals surface area contributed by atoms with Crippen LogP contribution >= 0.6 is 22.9 Å². The zero-order valence-electron chi connectivity index (χ0n) is 22.1. The number of aliphatic hydroxyl groups is 1. The molecule has 3 aromatic rings. The Kier molecular flexibility index (Phi) is 7.29. The Morgan fingerprint density at radius 1 is 1.35 bits per heavy atom. The smallest absolute Gasteiger partial charge is 0.145 e. The highest BCUT2D eigenvalue weighted by atomic mass is 35.5. The molecule has 1 aliphatic carbocycles. The first-order valence-electron chi connectivity index (χ1n) is 12.7. The van der Waals surface area contributed by atoms with Gasteiger partial charge in [-0.25, -0.2) is 0 Å². The van der Waals surface area contributed by atoms with Gasteiger partial charge in [0.15, 0.2) is 0 Å². The Hall–Kier alpha value is -2.52. The van der Waals surface area contributed by atoms with Crippen molar-refractivity contribution in [2.24, 2.45) is 17.0 Å². The number of aliphatic hydroxyl groups excluding tert-OH is 1. The minimum Gasteiger partial charge on any atom is -0.483 e. The predicted molar refractivity (Wildman–Crippen MR) is 152 cm³/mol. The SMILES string of the molecule is C=Nc1cc(C(O)CC)sc1/C(=N\C)c1cc(Cl)cc2c1OC(c1c3c(nn1C)CCC(N(C)C)C3)C2. The van der Waals surface area contributed by atoms with Crippen molar-refractivity contribution < 1.29 is 9.84 Å². The summed E-state index contributed by atoms with van der Waals surface area (Å²) in [5.41, 5.74) is 6.98. The van der Waals surface area contributed by atoms with E-state index < -0.39 is 6.10 Å². The Balaban J connectivity index is 1.54. The summed E-state index contributed by atoms with van der Waals surface area (Å²) in [7, 11) is 8.08. The van der Waals surface area contributed by atoms with Crippen molar-refractivity contribution >= 4 is 41.1 Å². The Morgan fingerprint density at radius 3 is 2.81 bits per heavy atom. The van der Waals surface area contributed by atoms with Crippen LogP contribution in [0.15, 0.2) is 28.2 Å². The van der Waals surface area contributed by atoms with E-state index in [4.69, 9.17) is 21.4 Å². The number of fused-ring (bicyclic) bond motifs is 2. The van der Waals surface area contributed by atoms with Gasteiger partial charge in [0.25, 0.3) is 0 Å². The van der Waals surface area contributed by atoms with Gasteiger partial charge < -0.3 is 14.7 Å². The van der Waals surface area contributed by atoms with Crippen LogP contribution in [0.25, 0.3) is 0 Å². The molecule has 3 atom stereocenters. The fourth-order valence-corrected chi connectivity index (χ4v) is 7.07. The molecule has 1 aliphatic heterocycles. The molecule has 3 heterocycles. The maximum Gasteiger partial charge on any atom is 0.145 e. The summed E-state index contributed by atoms with van der Waals surface area (Å²) in [6.45, 7) is 5.71. The lowest BCUT2D eigenvalue weighted by molar-refractivity contribution is 0.177. The maximum atomic E-state index is 10.5. The number of aromatic nitrogens is 2. The fraction of sp³-hybridized carbons (Fsp3) is 0.464. The lowest BCUT2D eigenvalue weighted by Crippen LogP contribution is -2.33. The molecule has 1 N–H and O–H groups in total. The normalized spacial score (nSPS) is 20.1. The fourth-order valence-electron chi connectivity index (χ4n) is 5.60. The summed E-state index contributed by atoms with van der Waals surface area (Å²) in [6, 6.07) is 6.30. The average molecular weight is 540 g/mol. The molecule has 0 spiro atoms. The molecule has 1 aromatic carbocycles. The molecule has 3 unspecified atom stereocenters. The average Bonchev–Trinajstić information content (AvgIpc) is 3.57. The number of aryl methyl sites for hydroxylation is 2. The summed E-state index contributed by atoms with van der Waals surface area (Å²) >= 11 is 8.12. The van der Waals surface area contributed by atoms with Gasteiger partial charge in [-0.1, -0.05) is 18.5 Å². The molecule has 0 bridgehead atoms. The van der Waals surface area contributed by atoms with Crippen molar-refractivity contribution in [2.45, 2.75) is 57.3 Å². The molecule has 0 saturated carbocycles. The van der Waals surface area contributed by atoms with Crippen molar-refractivity contribution in [1.82, 2.24) is 14.7 Å². The van der Waals surface area contributed by atoms with E-state index in [9.17, 15) is 5.11 Å². The number of likely N-dealkylation sites (N-methyl/N-ethyl adjacent to an activating group) is 1. The first-order chi connectivity index (χ1) is 17.7. The number of ether oxygens (including phenoxy) is 1. The quantitative estimate of drug-likeness (QED) is 0.404. The molecule has 0 amide bonds. The van der Waals surface area contributed by atoms with E-state index in [2.05, 4.69) is 35.7 Å². The van der Waals surface area contributed by atoms with Crippen molar-refractivity contribution in [3.8, 4) is 5.75 Å². The molecule has 196 valence electrons. The van der Waals surface area contributed by atoms with E-state index in [1.807, 2.05) is 36.9 Å². The molecule has 37 heavy (non-hydrogen) atoms. The molecule has 9 heteroatoms. The zero-order valence-corrected chi connectivity index (χ0v) is 23.7. The molecule has 5 rings (SSSR count). The number of hydrogen-bond acceptors (Lipinski definition) is 7. The van der Waals surface area contributed by atoms with Crippen LogP contribution in [-0.4, -0.2) is 59.4 Å². The van der Waals surface area contributed by atoms with E-state index in [1.165, 1.54) is 22.6 Å². The van der Waals surface area contributed by atoms with Crippen LogP contribution in [0.5, 0.6) is 5.75 Å². The van der Waals surface area contributed by atoms with E-state index in [-0.39, 0.29) is 6.10 Å². The lowest BCUT2D eigenvalue weighted by atomic mass is 9.89. The second-order valence-electron chi connectivity index (χ2n) is 10.1. The van der Waals surface area contributed by atoms with Crippen LogP contribution < -0.4 is 4.74 Å². The molecule has 2 aliphatic rings. The zero-order chi connectivity index (χ0) is 26.4. The third-order valence-electron chi connectivity index (χ3n) is 7.57. The van der Waals surface area contributed by atoms with Gasteiger partial charge in [-0.2, -0.15) is 5.10 Å². The van der Waals surface area contributed by atoms with Gasteiger partial charge in [0.2, 0.25) is 0 Å². The molecular weight excluding hydrogens is 506 g/mol. The van der Waals surface area contributed by atoms with Gasteiger partial charge in [0.05, 0.1) is 33.8 Å². The van der Waals surface area contributed by atoms with Gasteiger partial charge in [-0.05, 0) is 64.7 Å². The van der Waals surface area contributed by atoms with Gasteiger partial charge in [0, 0.05) is 53.1 Å². The molecule has 0 saturated heterocycles. The van der Waals surface area contributed by atoms with Crippen LogP contribution in [0.1, 0.15) is 69.8 Å². The molecule has 0 radical (unpaired) electrons. The Labute approximate surface area is 227 Å². The third kappa shape index (κ3) is 4.65. The van der Waals surface area contributed by atoms with E-state index in [0.29, 0.717) is 23.2 Å². The number of halogens is 1. The highest BCUT2D eigenvalue weighted by Gasteiger charge is 2.36. The number of hydrogen-bond donors (Lipinski definition) is 1. The first-order valence-corrected chi connectivity index (χ1v) is 13.9. The van der Waals surface area contributed by atoms with E-state index in [0.717, 1.165) is 63.7 Å². The van der Waals surface area contributed by atoms with Crippen LogP contribution in [0.2, 0.25) is 5.02 Å². The molecule has 0 fully saturated rings. The summed E-state index contributed by atoms with van der Waals surface area (Å²) in [6.07, 6.45) is 3.72. The summed E-state index contributed by atoms with van der Waals surface area (Å²) in [5.74, 6) is 0.797. The van der Waals surface area contributed by atoms with Crippen molar-refractivity contribution in [2.75, 3.05) is 21.1 Å². The van der Waals surface area contributed by atoms with Crippen molar-refractivity contribution in [3.63, 3.8) is 0 Å². The number of rotatable bonds is 7. The third-order valence-corrected chi connectivity index (χ3v) is 9.02. The summed E-state index contributed by atoms with van der Waals surface area (Å²) in [4.78, 5) is 12.9. The second kappa shape index (κ2) is 10.3. The maximum absolute atomic E-state index is 10.5. The van der Waals surface area contributed by atoms with Crippen LogP contribution in [0, 0.1) is 0 Å². The minimum absolute atomic E-state index is 0.148. The summed E-state index contributed by atoms with van der Waals surface area (Å²) in [5, 5.41) is 16.0. The number of thiophene rings is 1.